The first-order chi connectivity index (χ1) is 9.54. The Balaban J connectivity index is 1.89. The number of H-pyrrole nitrogens is 1. The summed E-state index contributed by atoms with van der Waals surface area (Å²) in [5.74, 6) is 0.455. The number of aromatic nitrogens is 5. The van der Waals surface area contributed by atoms with Gasteiger partial charge in [0, 0.05) is 20.2 Å². The minimum atomic E-state index is -0.320. The number of carbonyl (C=O) groups is 2. The Morgan fingerprint density at radius 1 is 1.40 bits per heavy atom. The van der Waals surface area contributed by atoms with E-state index in [-0.39, 0.29) is 24.3 Å². The number of nitrogens with zero attached hydrogens (tertiary/aromatic N) is 5. The molecule has 0 atom stereocenters. The lowest BCUT2D eigenvalue weighted by atomic mass is 10.5. The van der Waals surface area contributed by atoms with E-state index in [4.69, 9.17) is 0 Å². The van der Waals surface area contributed by atoms with Crippen molar-refractivity contribution in [3.05, 3.63) is 18.5 Å². The van der Waals surface area contributed by atoms with E-state index in [0.717, 1.165) is 0 Å². The SMILES string of the molecule is CN(C)C(=O)Nc1cnn(CC(=O)Nc2ccn[nH]2)n1. The van der Waals surface area contributed by atoms with Gasteiger partial charge in [0.05, 0.1) is 12.4 Å². The van der Waals surface area contributed by atoms with Gasteiger partial charge in [-0.3, -0.25) is 15.2 Å². The number of amides is 3. The molecule has 3 N–H and O–H groups in total. The third kappa shape index (κ3) is 3.54. The molecule has 10 heteroatoms. The summed E-state index contributed by atoms with van der Waals surface area (Å²) in [6.07, 6.45) is 2.89. The predicted octanol–water partition coefficient (Wildman–Crippen LogP) is -0.267. The van der Waals surface area contributed by atoms with Gasteiger partial charge in [-0.25, -0.2) is 4.79 Å². The Morgan fingerprint density at radius 3 is 2.85 bits per heavy atom. The van der Waals surface area contributed by atoms with Crippen molar-refractivity contribution >= 4 is 23.6 Å². The van der Waals surface area contributed by atoms with E-state index < -0.39 is 0 Å². The molecule has 2 rings (SSSR count). The summed E-state index contributed by atoms with van der Waals surface area (Å²) >= 11 is 0. The van der Waals surface area contributed by atoms with Crippen molar-refractivity contribution in [3.8, 4) is 0 Å². The second-order valence-corrected chi connectivity index (χ2v) is 4.10. The third-order valence-electron chi connectivity index (χ3n) is 2.24. The van der Waals surface area contributed by atoms with Crippen LogP contribution in [-0.4, -0.2) is 56.1 Å². The molecule has 0 aliphatic heterocycles. The molecule has 2 heterocycles. The van der Waals surface area contributed by atoms with E-state index in [0.29, 0.717) is 5.82 Å². The predicted molar refractivity (Wildman–Crippen MR) is 69.9 cm³/mol. The summed E-state index contributed by atoms with van der Waals surface area (Å²) < 4.78 is 0. The summed E-state index contributed by atoms with van der Waals surface area (Å²) in [7, 11) is 3.22. The lowest BCUT2D eigenvalue weighted by Crippen LogP contribution is -2.27. The van der Waals surface area contributed by atoms with Crippen molar-refractivity contribution in [2.75, 3.05) is 24.7 Å². The minimum absolute atomic E-state index is 0.0726. The molecule has 0 aliphatic rings. The Kier molecular flexibility index (Phi) is 3.93. The van der Waals surface area contributed by atoms with Crippen LogP contribution in [0.1, 0.15) is 0 Å². The van der Waals surface area contributed by atoms with Gasteiger partial charge in [0.25, 0.3) is 0 Å². The van der Waals surface area contributed by atoms with E-state index >= 15 is 0 Å². The molecule has 106 valence electrons. The maximum Gasteiger partial charge on any atom is 0.322 e. The zero-order valence-electron chi connectivity index (χ0n) is 11.0. The monoisotopic (exact) mass is 278 g/mol. The lowest BCUT2D eigenvalue weighted by Gasteiger charge is -2.09. The highest BCUT2D eigenvalue weighted by Crippen LogP contribution is 2.02. The molecule has 2 aromatic heterocycles. The molecule has 0 radical (unpaired) electrons. The zero-order valence-corrected chi connectivity index (χ0v) is 11.0. The van der Waals surface area contributed by atoms with Gasteiger partial charge in [-0.1, -0.05) is 0 Å². The van der Waals surface area contributed by atoms with Crippen molar-refractivity contribution in [2.24, 2.45) is 0 Å². The molecule has 0 spiro atoms. The van der Waals surface area contributed by atoms with Crippen LogP contribution in [0.3, 0.4) is 0 Å². The molecule has 0 saturated heterocycles. The lowest BCUT2D eigenvalue weighted by molar-refractivity contribution is -0.117. The van der Waals surface area contributed by atoms with Crippen LogP contribution in [0.4, 0.5) is 16.4 Å². The maximum absolute atomic E-state index is 11.7. The largest absolute Gasteiger partial charge is 0.331 e. The molecule has 10 nitrogen and oxygen atoms in total. The molecule has 0 bridgehead atoms. The van der Waals surface area contributed by atoms with Crippen molar-refractivity contribution in [2.45, 2.75) is 6.54 Å². The Morgan fingerprint density at radius 2 is 2.20 bits per heavy atom. The van der Waals surface area contributed by atoms with Crippen LogP contribution in [0.2, 0.25) is 0 Å². The number of hydrogen-bond acceptors (Lipinski definition) is 5. The quantitative estimate of drug-likeness (QED) is 0.711. The van der Waals surface area contributed by atoms with E-state index in [1.165, 1.54) is 22.1 Å². The molecular formula is C10H14N8O2. The van der Waals surface area contributed by atoms with Gasteiger partial charge in [0.1, 0.15) is 12.4 Å². The fourth-order valence-electron chi connectivity index (χ4n) is 1.30. The molecule has 3 amide bonds. The fourth-order valence-corrected chi connectivity index (χ4v) is 1.30. The summed E-state index contributed by atoms with van der Waals surface area (Å²) in [5.41, 5.74) is 0. The first kappa shape index (κ1) is 13.5. The zero-order chi connectivity index (χ0) is 14.5. The van der Waals surface area contributed by atoms with E-state index in [1.54, 1.807) is 20.2 Å². The second kappa shape index (κ2) is 5.82. The molecule has 0 aliphatic carbocycles. The highest BCUT2D eigenvalue weighted by molar-refractivity contribution is 5.89. The van der Waals surface area contributed by atoms with Gasteiger partial charge in [0.2, 0.25) is 5.91 Å². The molecule has 0 saturated carbocycles. The first-order valence-corrected chi connectivity index (χ1v) is 5.72. The van der Waals surface area contributed by atoms with Gasteiger partial charge in [-0.15, -0.1) is 5.10 Å². The number of anilines is 2. The van der Waals surface area contributed by atoms with E-state index in [9.17, 15) is 9.59 Å². The van der Waals surface area contributed by atoms with Crippen LogP contribution in [0.25, 0.3) is 0 Å². The van der Waals surface area contributed by atoms with E-state index in [1.807, 2.05) is 0 Å². The van der Waals surface area contributed by atoms with Gasteiger partial charge in [-0.05, 0) is 0 Å². The standard InChI is InChI=1S/C10H14N8O2/c1-17(2)10(20)14-8-5-12-18(16-8)6-9(19)13-7-3-4-11-15-7/h3-5H,6H2,1-2H3,(H,14,16,20)(H2,11,13,15,19). The smallest absolute Gasteiger partial charge is 0.322 e. The van der Waals surface area contributed by atoms with Crippen molar-refractivity contribution in [1.29, 1.82) is 0 Å². The molecule has 20 heavy (non-hydrogen) atoms. The highest BCUT2D eigenvalue weighted by atomic mass is 16.2. The minimum Gasteiger partial charge on any atom is -0.331 e. The summed E-state index contributed by atoms with van der Waals surface area (Å²) in [4.78, 5) is 25.6. The number of rotatable bonds is 4. The second-order valence-electron chi connectivity index (χ2n) is 4.10. The number of aromatic amines is 1. The molecule has 0 fully saturated rings. The number of urea groups is 1. The summed E-state index contributed by atoms with van der Waals surface area (Å²) in [5, 5.41) is 19.3. The van der Waals surface area contributed by atoms with Crippen LogP contribution in [0.15, 0.2) is 18.5 Å². The first-order valence-electron chi connectivity index (χ1n) is 5.72. The van der Waals surface area contributed by atoms with Crippen LogP contribution in [0, 0.1) is 0 Å². The summed E-state index contributed by atoms with van der Waals surface area (Å²) in [6, 6.07) is 1.30. The molecule has 0 aromatic carbocycles. The summed E-state index contributed by atoms with van der Waals surface area (Å²) in [6.45, 7) is -0.0726. The molecule has 2 aromatic rings. The fraction of sp³-hybridized carbons (Fsp3) is 0.300. The normalized spacial score (nSPS) is 10.1. The third-order valence-corrected chi connectivity index (χ3v) is 2.24. The van der Waals surface area contributed by atoms with Crippen LogP contribution in [0.5, 0.6) is 0 Å². The van der Waals surface area contributed by atoms with Crippen molar-refractivity contribution < 1.29 is 9.59 Å². The number of hydrogen-bond donors (Lipinski definition) is 3. The van der Waals surface area contributed by atoms with Crippen LogP contribution < -0.4 is 10.6 Å². The van der Waals surface area contributed by atoms with Gasteiger partial charge in [-0.2, -0.15) is 15.0 Å². The average molecular weight is 278 g/mol. The van der Waals surface area contributed by atoms with Crippen molar-refractivity contribution in [3.63, 3.8) is 0 Å². The maximum atomic E-state index is 11.7. The highest BCUT2D eigenvalue weighted by Gasteiger charge is 2.10. The Labute approximate surface area is 114 Å². The van der Waals surface area contributed by atoms with Gasteiger partial charge >= 0.3 is 6.03 Å². The van der Waals surface area contributed by atoms with Crippen LogP contribution >= 0.6 is 0 Å². The molecule has 0 unspecified atom stereocenters. The topological polar surface area (TPSA) is 121 Å². The van der Waals surface area contributed by atoms with Gasteiger partial charge in [0.15, 0.2) is 5.82 Å². The molecular weight excluding hydrogens is 264 g/mol. The number of nitrogens with one attached hydrogen (secondary N) is 3. The van der Waals surface area contributed by atoms with Gasteiger partial charge < -0.3 is 10.2 Å². The van der Waals surface area contributed by atoms with Crippen LogP contribution in [-0.2, 0) is 11.3 Å². The number of carbonyl (C=O) groups excluding carboxylic acids is 2. The Hall–Kier alpha value is -2.91. The van der Waals surface area contributed by atoms with E-state index in [2.05, 4.69) is 31.0 Å². The average Bonchev–Trinajstić information content (AvgIpc) is 3.01. The van der Waals surface area contributed by atoms with Crippen molar-refractivity contribution in [1.82, 2.24) is 30.1 Å². The Bertz CT molecular complexity index is 588.